The van der Waals surface area contributed by atoms with Gasteiger partial charge in [-0.15, -0.1) is 0 Å². The molecule has 0 radical (unpaired) electrons. The van der Waals surface area contributed by atoms with Crippen molar-refractivity contribution in [1.29, 1.82) is 0 Å². The summed E-state index contributed by atoms with van der Waals surface area (Å²) in [5.41, 5.74) is 29.7. The summed E-state index contributed by atoms with van der Waals surface area (Å²) in [5, 5.41) is 0. The van der Waals surface area contributed by atoms with Crippen molar-refractivity contribution in [1.82, 2.24) is 0 Å². The van der Waals surface area contributed by atoms with E-state index in [2.05, 4.69) is 107 Å². The summed E-state index contributed by atoms with van der Waals surface area (Å²) in [6, 6.07) is 10.1. The minimum Gasteiger partial charge on any atom is -0.493 e. The second-order valence-corrected chi connectivity index (χ2v) is 30.5. The van der Waals surface area contributed by atoms with Crippen molar-refractivity contribution < 1.29 is 25.1 Å². The number of hydrogen-bond acceptors (Lipinski definition) is 0. The molecular formula is C94H170N2Pd. The average molecular weight is 1430 g/mol. The molecule has 566 valence electrons. The normalized spacial score (nSPS) is 12.2. The molecule has 1 aliphatic rings. The number of nitrogens with zero attached hydrogens (tertiary/aromatic N) is 2. The van der Waals surface area contributed by atoms with E-state index in [1.165, 1.54) is 404 Å². The number of rotatable bonds is 66. The van der Waals surface area contributed by atoms with Gasteiger partial charge in [0.15, 0.2) is 0 Å². The van der Waals surface area contributed by atoms with Crippen LogP contribution < -0.4 is 0 Å². The van der Waals surface area contributed by atoms with Crippen LogP contribution in [0.25, 0.3) is 16.9 Å². The van der Waals surface area contributed by atoms with E-state index in [4.69, 9.17) is 0 Å². The third kappa shape index (κ3) is 47.2. The summed E-state index contributed by atoms with van der Waals surface area (Å²) in [4.78, 5) is 0. The molecule has 0 N–H and O–H groups in total. The number of hydrogen-bond donors (Lipinski definition) is 0. The molecule has 3 heteroatoms. The molecule has 1 heterocycles. The van der Waals surface area contributed by atoms with Crippen LogP contribution >= 0.6 is 0 Å². The molecule has 2 aromatic carbocycles. The minimum absolute atomic E-state index is 0. The molecule has 3 rings (SSSR count). The molecule has 0 unspecified atom stereocenters. The van der Waals surface area contributed by atoms with Gasteiger partial charge in [0.25, 0.3) is 0 Å². The molecule has 0 amide bonds. The number of allylic oxidation sites excluding steroid dienone is 2. The summed E-state index contributed by atoms with van der Waals surface area (Å²) in [6.45, 7) is 31.0. The first-order valence-corrected chi connectivity index (χ1v) is 44.1. The maximum Gasteiger partial charge on any atom is 2.00 e. The first kappa shape index (κ1) is 95.2. The first-order chi connectivity index (χ1) is 47.3. The standard InChI is InChI=1S/C50H80N2.2C22H45.Pd/c1-9-17-25-26-34-48-47(33-24-16-8)49(43-35-39(27-18-10-2)45(31-22-14-6)40(36-43)28-19-11-3)52(51)50(48)44-37-41(29-20-12-4)46(32-23-15-7)42(38-44)30-21-13-5;2*1-3-5-7-9-11-13-15-17-19-21-22-20-18-16-14-12-10-8-6-4-2;/h35-38H,9-34H2,1-8H3;2*1,3-22H2,2H3;/q;2*-1;+2. The van der Waals surface area contributed by atoms with Crippen LogP contribution in [0, 0.1) is 13.8 Å². The van der Waals surface area contributed by atoms with Gasteiger partial charge in [-0.1, -0.05) is 377 Å². The summed E-state index contributed by atoms with van der Waals surface area (Å²) in [6.07, 6.45) is 88.5. The maximum absolute atomic E-state index is 12.8. The fourth-order valence-corrected chi connectivity index (χ4v) is 15.0. The van der Waals surface area contributed by atoms with Crippen molar-refractivity contribution in [2.24, 2.45) is 0 Å². The number of benzene rings is 2. The van der Waals surface area contributed by atoms with Crippen LogP contribution in [-0.4, -0.2) is 4.70 Å². The van der Waals surface area contributed by atoms with Crippen LogP contribution in [0.5, 0.6) is 0 Å². The van der Waals surface area contributed by atoms with E-state index in [0.717, 1.165) is 75.6 Å². The van der Waals surface area contributed by atoms with Gasteiger partial charge in [0.1, 0.15) is 0 Å². The van der Waals surface area contributed by atoms with Crippen LogP contribution in [0.1, 0.15) is 499 Å². The minimum atomic E-state index is 0. The van der Waals surface area contributed by atoms with E-state index in [0.29, 0.717) is 0 Å². The Morgan fingerprint density at radius 1 is 0.227 bits per heavy atom. The predicted octanol–water partition coefficient (Wildman–Crippen LogP) is 33.4. The van der Waals surface area contributed by atoms with Gasteiger partial charge in [-0.2, -0.15) is 12.8 Å². The summed E-state index contributed by atoms with van der Waals surface area (Å²) in [7, 11) is 0. The molecule has 0 aromatic heterocycles. The van der Waals surface area contributed by atoms with E-state index in [-0.39, 0.29) is 20.4 Å². The quantitative estimate of drug-likeness (QED) is 0.0273. The van der Waals surface area contributed by atoms with Crippen molar-refractivity contribution in [3.63, 3.8) is 0 Å². The van der Waals surface area contributed by atoms with Gasteiger partial charge < -0.3 is 19.4 Å². The third-order valence-electron chi connectivity index (χ3n) is 21.3. The molecule has 0 saturated heterocycles. The maximum atomic E-state index is 12.8. The van der Waals surface area contributed by atoms with E-state index in [9.17, 15) is 5.53 Å². The van der Waals surface area contributed by atoms with Crippen molar-refractivity contribution in [3.05, 3.63) is 99.3 Å². The molecule has 2 nitrogen and oxygen atoms in total. The Hall–Kier alpha value is -1.82. The Morgan fingerprint density at radius 3 is 0.619 bits per heavy atom. The van der Waals surface area contributed by atoms with Crippen molar-refractivity contribution in [3.8, 4) is 0 Å². The summed E-state index contributed by atoms with van der Waals surface area (Å²) >= 11 is 0. The predicted molar refractivity (Wildman–Crippen MR) is 437 cm³/mol. The van der Waals surface area contributed by atoms with Gasteiger partial charge >= 0.3 is 20.4 Å². The van der Waals surface area contributed by atoms with Gasteiger partial charge in [-0.3, -0.25) is 0 Å². The molecule has 0 saturated carbocycles. The van der Waals surface area contributed by atoms with Crippen LogP contribution in [0.15, 0.2) is 35.4 Å². The summed E-state index contributed by atoms with van der Waals surface area (Å²) in [5.74, 6) is 0. The molecule has 0 spiro atoms. The second-order valence-electron chi connectivity index (χ2n) is 30.5. The first-order valence-electron chi connectivity index (χ1n) is 44.1. The van der Waals surface area contributed by atoms with Gasteiger partial charge in [-0.05, 0) is 160 Å². The van der Waals surface area contributed by atoms with Gasteiger partial charge in [0, 0.05) is 22.3 Å². The monoisotopic (exact) mass is 1430 g/mol. The zero-order valence-corrected chi connectivity index (χ0v) is 69.2. The molecule has 0 bridgehead atoms. The van der Waals surface area contributed by atoms with E-state index in [1.807, 2.05) is 0 Å². The van der Waals surface area contributed by atoms with Crippen molar-refractivity contribution >= 4 is 11.4 Å². The third-order valence-corrected chi connectivity index (χ3v) is 21.3. The molecule has 97 heavy (non-hydrogen) atoms. The molecular weight excluding hydrogens is 1260 g/mol. The largest absolute Gasteiger partial charge is 2.00 e. The van der Waals surface area contributed by atoms with Crippen LogP contribution in [-0.2, 0) is 58.9 Å². The van der Waals surface area contributed by atoms with E-state index in [1.54, 1.807) is 15.8 Å². The SMILES string of the molecule is CCCCCCC1=C(c2cc(CCCC)c(CCCC)c(CCCC)c2)[N+](=[N-])C(c2cc(CCCC)c(CCCC)c(CCCC)c2)=C1CCCC.[CH2-]CCCCCCCCCCCCCCCCCCCCC.[CH2-]CCCCCCCCCCCCCCCCCCCCC.[Pd+2]. The smallest absolute Gasteiger partial charge is 0.493 e. The van der Waals surface area contributed by atoms with Crippen LogP contribution in [0.2, 0.25) is 0 Å². The Labute approximate surface area is 624 Å². The topological polar surface area (TPSA) is 25.3 Å². The molecule has 2 aromatic rings. The molecule has 0 aliphatic carbocycles. The fraction of sp³-hybridized carbons (Fsp3) is 0.809. The second kappa shape index (κ2) is 71.2. The molecule has 0 atom stereocenters. The molecule has 1 aliphatic heterocycles. The number of unbranched alkanes of at least 4 members (excludes halogenated alkanes) is 48. The van der Waals surface area contributed by atoms with E-state index < -0.39 is 0 Å². The number of aryl methyl sites for hydroxylation is 4. The van der Waals surface area contributed by atoms with Gasteiger partial charge in [0.2, 0.25) is 11.4 Å². The van der Waals surface area contributed by atoms with E-state index >= 15 is 0 Å². The Bertz CT molecular complexity index is 1980. The van der Waals surface area contributed by atoms with Crippen molar-refractivity contribution in [2.75, 3.05) is 0 Å². The Balaban J connectivity index is 0.00000169. The zero-order chi connectivity index (χ0) is 70.0. The van der Waals surface area contributed by atoms with Crippen LogP contribution in [0.4, 0.5) is 0 Å². The van der Waals surface area contributed by atoms with Gasteiger partial charge in [0.05, 0.1) is 0 Å². The van der Waals surface area contributed by atoms with Crippen LogP contribution in [0.3, 0.4) is 0 Å². The average Bonchev–Trinajstić information content (AvgIpc) is 1.61. The van der Waals surface area contributed by atoms with Crippen molar-refractivity contribution in [2.45, 2.75) is 493 Å². The fourth-order valence-electron chi connectivity index (χ4n) is 15.0. The van der Waals surface area contributed by atoms with Gasteiger partial charge in [-0.25, -0.2) is 4.70 Å². The molecule has 0 fully saturated rings. The Kier molecular flexibility index (Phi) is 69.9. The Morgan fingerprint density at radius 2 is 0.402 bits per heavy atom. The zero-order valence-electron chi connectivity index (χ0n) is 67.6. The summed E-state index contributed by atoms with van der Waals surface area (Å²) < 4.78 is 1.71.